The Labute approximate surface area is 145 Å². The zero-order valence-electron chi connectivity index (χ0n) is 13.6. The van der Waals surface area contributed by atoms with Gasteiger partial charge < -0.3 is 9.80 Å². The molecule has 1 unspecified atom stereocenters. The van der Waals surface area contributed by atoms with Crippen LogP contribution in [0, 0.1) is 0 Å². The largest absolute Gasteiger partial charge is 0.368 e. The van der Waals surface area contributed by atoms with Crippen molar-refractivity contribution in [2.75, 3.05) is 24.5 Å². The maximum Gasteiger partial charge on any atom is 0.255 e. The van der Waals surface area contributed by atoms with Gasteiger partial charge in [0.05, 0.1) is 10.3 Å². The van der Waals surface area contributed by atoms with E-state index in [-0.39, 0.29) is 11.9 Å². The highest BCUT2D eigenvalue weighted by Crippen LogP contribution is 2.26. The van der Waals surface area contributed by atoms with E-state index in [0.717, 1.165) is 35.3 Å². The predicted octanol–water partition coefficient (Wildman–Crippen LogP) is 3.65. The Morgan fingerprint density at radius 3 is 2.75 bits per heavy atom. The van der Waals surface area contributed by atoms with Gasteiger partial charge in [0.2, 0.25) is 0 Å². The molecule has 0 N–H and O–H groups in total. The average Bonchev–Trinajstić information content (AvgIpc) is 3.10. The van der Waals surface area contributed by atoms with Crippen LogP contribution in [0.15, 0.2) is 54.7 Å². The Hall–Kier alpha value is -2.40. The number of carbonyl (C=O) groups excluding carboxylic acids is 1. The van der Waals surface area contributed by atoms with Crippen molar-refractivity contribution >= 4 is 33.2 Å². The van der Waals surface area contributed by atoms with Crippen molar-refractivity contribution in [2.24, 2.45) is 0 Å². The van der Waals surface area contributed by atoms with Gasteiger partial charge >= 0.3 is 0 Å². The fraction of sp³-hybridized carbons (Fsp3) is 0.263. The first-order valence-corrected chi connectivity index (χ1v) is 8.96. The molecule has 1 aromatic heterocycles. The Morgan fingerprint density at radius 1 is 1.12 bits per heavy atom. The van der Waals surface area contributed by atoms with E-state index in [1.54, 1.807) is 0 Å². The zero-order chi connectivity index (χ0) is 16.5. The fourth-order valence-corrected chi connectivity index (χ4v) is 4.10. The number of benzene rings is 2. The van der Waals surface area contributed by atoms with Crippen LogP contribution in [0.3, 0.4) is 0 Å². The quantitative estimate of drug-likeness (QED) is 0.716. The molecule has 1 fully saturated rings. The fourth-order valence-electron chi connectivity index (χ4n) is 3.35. The van der Waals surface area contributed by atoms with Crippen LogP contribution in [0.2, 0.25) is 0 Å². The number of anilines is 1. The number of rotatable bonds is 2. The lowest BCUT2D eigenvalue weighted by Crippen LogP contribution is -2.54. The summed E-state index contributed by atoms with van der Waals surface area (Å²) in [5, 5.41) is 1.04. The van der Waals surface area contributed by atoms with E-state index < -0.39 is 0 Å². The molecule has 1 amide bonds. The molecule has 1 aliphatic heterocycles. The summed E-state index contributed by atoms with van der Waals surface area (Å²) in [6.07, 6.45) is 1.83. The molecule has 24 heavy (non-hydrogen) atoms. The van der Waals surface area contributed by atoms with Crippen LogP contribution in [0.4, 0.5) is 5.69 Å². The second kappa shape index (κ2) is 6.24. The molecule has 0 spiro atoms. The SMILES string of the molecule is CC1CN(c2ccccc2)CCN1C(=O)c1cccc2cnsc12. The first-order valence-electron chi connectivity index (χ1n) is 8.18. The van der Waals surface area contributed by atoms with Gasteiger partial charge in [-0.15, -0.1) is 0 Å². The third kappa shape index (κ3) is 2.65. The van der Waals surface area contributed by atoms with Crippen molar-refractivity contribution in [1.29, 1.82) is 0 Å². The van der Waals surface area contributed by atoms with Crippen LogP contribution in [0.25, 0.3) is 10.1 Å². The van der Waals surface area contributed by atoms with E-state index in [1.165, 1.54) is 17.2 Å². The lowest BCUT2D eigenvalue weighted by molar-refractivity contribution is 0.0676. The molecule has 0 bridgehead atoms. The molecule has 4 rings (SSSR count). The number of nitrogens with zero attached hydrogens (tertiary/aromatic N) is 3. The molecule has 0 saturated carbocycles. The minimum Gasteiger partial charge on any atom is -0.368 e. The van der Waals surface area contributed by atoms with E-state index in [1.807, 2.05) is 35.4 Å². The van der Waals surface area contributed by atoms with Gasteiger partial charge in [-0.1, -0.05) is 30.3 Å². The number of hydrogen-bond donors (Lipinski definition) is 0. The average molecular weight is 337 g/mol. The third-order valence-corrected chi connectivity index (χ3v) is 5.47. The Morgan fingerprint density at radius 2 is 1.96 bits per heavy atom. The van der Waals surface area contributed by atoms with E-state index in [0.29, 0.717) is 0 Å². The molecule has 5 heteroatoms. The number of fused-ring (bicyclic) bond motifs is 1. The number of aromatic nitrogens is 1. The molecule has 1 atom stereocenters. The van der Waals surface area contributed by atoms with Gasteiger partial charge in [-0.2, -0.15) is 4.37 Å². The summed E-state index contributed by atoms with van der Waals surface area (Å²) >= 11 is 1.40. The second-order valence-electron chi connectivity index (χ2n) is 6.18. The molecule has 0 aliphatic carbocycles. The number of hydrogen-bond acceptors (Lipinski definition) is 4. The summed E-state index contributed by atoms with van der Waals surface area (Å²) in [5.41, 5.74) is 2.00. The number of amides is 1. The zero-order valence-corrected chi connectivity index (χ0v) is 14.4. The molecule has 1 saturated heterocycles. The van der Waals surface area contributed by atoms with Crippen LogP contribution in [0.1, 0.15) is 17.3 Å². The standard InChI is InChI=1S/C19H19N3OS/c1-14-13-21(16-7-3-2-4-8-16)10-11-22(14)19(23)17-9-5-6-15-12-20-24-18(15)17/h2-9,12,14H,10-11,13H2,1H3. The Kier molecular flexibility index (Phi) is 3.94. The molecule has 2 heterocycles. The molecule has 1 aliphatic rings. The summed E-state index contributed by atoms with van der Waals surface area (Å²) in [6, 6.07) is 16.4. The van der Waals surface area contributed by atoms with E-state index >= 15 is 0 Å². The monoisotopic (exact) mass is 337 g/mol. The predicted molar refractivity (Wildman–Crippen MR) is 98.8 cm³/mol. The van der Waals surface area contributed by atoms with Crippen molar-refractivity contribution in [3.05, 3.63) is 60.3 Å². The number of carbonyl (C=O) groups is 1. The van der Waals surface area contributed by atoms with Crippen molar-refractivity contribution in [3.63, 3.8) is 0 Å². The van der Waals surface area contributed by atoms with Crippen LogP contribution < -0.4 is 4.90 Å². The smallest absolute Gasteiger partial charge is 0.255 e. The van der Waals surface area contributed by atoms with E-state index in [4.69, 9.17) is 0 Å². The van der Waals surface area contributed by atoms with Gasteiger partial charge in [0.1, 0.15) is 0 Å². The highest BCUT2D eigenvalue weighted by molar-refractivity contribution is 7.13. The van der Waals surface area contributed by atoms with E-state index in [2.05, 4.69) is 40.5 Å². The number of para-hydroxylation sites is 1. The molecule has 2 aromatic carbocycles. The minimum absolute atomic E-state index is 0.116. The first-order chi connectivity index (χ1) is 11.7. The van der Waals surface area contributed by atoms with Crippen molar-refractivity contribution < 1.29 is 4.79 Å². The lowest BCUT2D eigenvalue weighted by atomic mass is 10.1. The van der Waals surface area contributed by atoms with Gasteiger partial charge in [0.25, 0.3) is 5.91 Å². The second-order valence-corrected chi connectivity index (χ2v) is 6.98. The van der Waals surface area contributed by atoms with Gasteiger partial charge in [-0.3, -0.25) is 4.79 Å². The van der Waals surface area contributed by atoms with Gasteiger partial charge in [0.15, 0.2) is 0 Å². The van der Waals surface area contributed by atoms with E-state index in [9.17, 15) is 4.79 Å². The van der Waals surface area contributed by atoms with Crippen molar-refractivity contribution in [3.8, 4) is 0 Å². The van der Waals surface area contributed by atoms with Crippen LogP contribution in [-0.4, -0.2) is 40.9 Å². The summed E-state index contributed by atoms with van der Waals surface area (Å²) in [6.45, 7) is 4.58. The summed E-state index contributed by atoms with van der Waals surface area (Å²) in [7, 11) is 0. The Balaban J connectivity index is 1.55. The molecule has 0 radical (unpaired) electrons. The highest BCUT2D eigenvalue weighted by Gasteiger charge is 2.29. The topological polar surface area (TPSA) is 36.4 Å². The van der Waals surface area contributed by atoms with Crippen LogP contribution in [-0.2, 0) is 0 Å². The molecular formula is C19H19N3OS. The lowest BCUT2D eigenvalue weighted by Gasteiger charge is -2.41. The summed E-state index contributed by atoms with van der Waals surface area (Å²) < 4.78 is 5.21. The molecule has 122 valence electrons. The first kappa shape index (κ1) is 15.1. The summed E-state index contributed by atoms with van der Waals surface area (Å²) in [4.78, 5) is 17.4. The minimum atomic E-state index is 0.116. The number of piperazine rings is 1. The van der Waals surface area contributed by atoms with Gasteiger partial charge in [0, 0.05) is 42.9 Å². The van der Waals surface area contributed by atoms with Gasteiger partial charge in [-0.05, 0) is 36.7 Å². The molecular weight excluding hydrogens is 318 g/mol. The van der Waals surface area contributed by atoms with Crippen molar-refractivity contribution in [1.82, 2.24) is 9.27 Å². The maximum atomic E-state index is 13.1. The summed E-state index contributed by atoms with van der Waals surface area (Å²) in [5.74, 6) is 0.116. The van der Waals surface area contributed by atoms with Crippen LogP contribution in [0.5, 0.6) is 0 Å². The Bertz CT molecular complexity index is 861. The van der Waals surface area contributed by atoms with Gasteiger partial charge in [-0.25, -0.2) is 0 Å². The maximum absolute atomic E-state index is 13.1. The van der Waals surface area contributed by atoms with Crippen molar-refractivity contribution in [2.45, 2.75) is 13.0 Å². The molecule has 3 aromatic rings. The normalized spacial score (nSPS) is 18.1. The van der Waals surface area contributed by atoms with Crippen LogP contribution >= 0.6 is 11.5 Å². The highest BCUT2D eigenvalue weighted by atomic mass is 32.1. The third-order valence-electron chi connectivity index (χ3n) is 4.62. The molecule has 4 nitrogen and oxygen atoms in total.